The zero-order valence-electron chi connectivity index (χ0n) is 15.9. The number of ether oxygens (including phenoxy) is 1. The second-order valence-electron chi connectivity index (χ2n) is 7.36. The Morgan fingerprint density at radius 2 is 1.69 bits per heavy atom. The molecule has 0 spiro atoms. The van der Waals surface area contributed by atoms with E-state index < -0.39 is 5.60 Å². The van der Waals surface area contributed by atoms with Crippen LogP contribution in [0.2, 0.25) is 0 Å². The Morgan fingerprint density at radius 3 is 2.31 bits per heavy atom. The molecule has 0 aromatic heterocycles. The normalized spacial score (nSPS) is 17.0. The van der Waals surface area contributed by atoms with Gasteiger partial charge in [-0.25, -0.2) is 0 Å². The van der Waals surface area contributed by atoms with Crippen molar-refractivity contribution in [3.05, 3.63) is 60.2 Å². The minimum Gasteiger partial charge on any atom is -0.497 e. The van der Waals surface area contributed by atoms with E-state index in [0.717, 1.165) is 56.9 Å². The topological polar surface area (TPSA) is 35.9 Å². The van der Waals surface area contributed by atoms with Gasteiger partial charge in [-0.15, -0.1) is 0 Å². The van der Waals surface area contributed by atoms with Crippen LogP contribution in [0.15, 0.2) is 54.6 Å². The zero-order valence-corrected chi connectivity index (χ0v) is 15.9. The van der Waals surface area contributed by atoms with Crippen LogP contribution in [0.4, 0.5) is 5.69 Å². The van der Waals surface area contributed by atoms with Crippen LogP contribution >= 0.6 is 0 Å². The molecule has 1 fully saturated rings. The van der Waals surface area contributed by atoms with Gasteiger partial charge in [-0.1, -0.05) is 30.3 Å². The summed E-state index contributed by atoms with van der Waals surface area (Å²) < 4.78 is 5.21. The van der Waals surface area contributed by atoms with Crippen LogP contribution in [0.5, 0.6) is 5.75 Å². The van der Waals surface area contributed by atoms with E-state index in [2.05, 4.69) is 59.3 Å². The number of rotatable bonds is 7. The quantitative estimate of drug-likeness (QED) is 0.825. The summed E-state index contributed by atoms with van der Waals surface area (Å²) in [4.78, 5) is 4.64. The number of nitrogens with zero attached hydrogens (tertiary/aromatic N) is 2. The maximum atomic E-state index is 11.0. The number of hydrogen-bond donors (Lipinski definition) is 1. The Hall–Kier alpha value is -2.04. The molecule has 26 heavy (non-hydrogen) atoms. The molecule has 0 amide bonds. The molecular weight excluding hydrogens is 324 g/mol. The summed E-state index contributed by atoms with van der Waals surface area (Å²) in [6.45, 7) is 3.74. The highest BCUT2D eigenvalue weighted by atomic mass is 16.5. The van der Waals surface area contributed by atoms with Crippen LogP contribution < -0.4 is 9.64 Å². The summed E-state index contributed by atoms with van der Waals surface area (Å²) >= 11 is 0. The molecule has 0 atom stereocenters. The summed E-state index contributed by atoms with van der Waals surface area (Å²) in [5.41, 5.74) is 1.95. The van der Waals surface area contributed by atoms with E-state index in [-0.39, 0.29) is 0 Å². The van der Waals surface area contributed by atoms with Crippen LogP contribution in [0.3, 0.4) is 0 Å². The first kappa shape index (κ1) is 18.7. The van der Waals surface area contributed by atoms with Gasteiger partial charge in [-0.05, 0) is 49.1 Å². The lowest BCUT2D eigenvalue weighted by atomic mass is 9.88. The van der Waals surface area contributed by atoms with Crippen molar-refractivity contribution in [2.45, 2.75) is 31.4 Å². The van der Waals surface area contributed by atoms with Crippen LogP contribution in [0.25, 0.3) is 0 Å². The van der Waals surface area contributed by atoms with Gasteiger partial charge >= 0.3 is 0 Å². The molecule has 4 nitrogen and oxygen atoms in total. The molecule has 2 aromatic rings. The monoisotopic (exact) mass is 354 g/mol. The SMILES string of the molecule is COc1ccc(N(C)CCC2(O)CCN(Cc3ccccc3)CC2)cc1. The van der Waals surface area contributed by atoms with Crippen molar-refractivity contribution in [3.63, 3.8) is 0 Å². The van der Waals surface area contributed by atoms with E-state index in [0.29, 0.717) is 0 Å². The molecular formula is C22H30N2O2. The van der Waals surface area contributed by atoms with Gasteiger partial charge in [0.25, 0.3) is 0 Å². The molecule has 1 N–H and O–H groups in total. The molecule has 140 valence electrons. The molecule has 0 bridgehead atoms. The number of likely N-dealkylation sites (tertiary alicyclic amines) is 1. The van der Waals surface area contributed by atoms with Crippen molar-refractivity contribution in [1.82, 2.24) is 4.90 Å². The molecule has 4 heteroatoms. The van der Waals surface area contributed by atoms with E-state index >= 15 is 0 Å². The van der Waals surface area contributed by atoms with Gasteiger partial charge in [0.2, 0.25) is 0 Å². The fraction of sp³-hybridized carbons (Fsp3) is 0.455. The minimum atomic E-state index is -0.548. The fourth-order valence-electron chi connectivity index (χ4n) is 3.56. The highest BCUT2D eigenvalue weighted by Gasteiger charge is 2.32. The zero-order chi connectivity index (χ0) is 18.4. The van der Waals surface area contributed by atoms with Gasteiger partial charge in [0.15, 0.2) is 0 Å². The van der Waals surface area contributed by atoms with E-state index in [1.807, 2.05) is 12.1 Å². The molecule has 1 saturated heterocycles. The maximum absolute atomic E-state index is 11.0. The number of aliphatic hydroxyl groups is 1. The molecule has 3 rings (SSSR count). The Morgan fingerprint density at radius 1 is 1.04 bits per heavy atom. The number of benzene rings is 2. The fourth-order valence-corrected chi connectivity index (χ4v) is 3.56. The Bertz CT molecular complexity index is 664. The molecule has 1 heterocycles. The first-order chi connectivity index (χ1) is 12.6. The Kier molecular flexibility index (Phi) is 6.17. The van der Waals surface area contributed by atoms with Crippen molar-refractivity contribution in [2.75, 3.05) is 38.7 Å². The first-order valence-corrected chi connectivity index (χ1v) is 9.42. The van der Waals surface area contributed by atoms with E-state index in [9.17, 15) is 5.11 Å². The summed E-state index contributed by atoms with van der Waals surface area (Å²) in [5.74, 6) is 0.867. The van der Waals surface area contributed by atoms with Gasteiger partial charge in [0.1, 0.15) is 5.75 Å². The first-order valence-electron chi connectivity index (χ1n) is 9.42. The lowest BCUT2D eigenvalue weighted by molar-refractivity contribution is -0.0275. The average Bonchev–Trinajstić information content (AvgIpc) is 2.69. The Labute approximate surface area is 157 Å². The van der Waals surface area contributed by atoms with Crippen LogP contribution in [0, 0.1) is 0 Å². The number of anilines is 1. The van der Waals surface area contributed by atoms with E-state index in [1.165, 1.54) is 5.56 Å². The van der Waals surface area contributed by atoms with Crippen LogP contribution in [0.1, 0.15) is 24.8 Å². The Balaban J connectivity index is 1.46. The third-order valence-electron chi connectivity index (χ3n) is 5.46. The summed E-state index contributed by atoms with van der Waals surface area (Å²) in [6.07, 6.45) is 2.49. The third-order valence-corrected chi connectivity index (χ3v) is 5.46. The highest BCUT2D eigenvalue weighted by molar-refractivity contribution is 5.48. The average molecular weight is 354 g/mol. The largest absolute Gasteiger partial charge is 0.497 e. The second-order valence-corrected chi connectivity index (χ2v) is 7.36. The van der Waals surface area contributed by atoms with Gasteiger partial charge in [-0.2, -0.15) is 0 Å². The minimum absolute atomic E-state index is 0.548. The van der Waals surface area contributed by atoms with Crippen molar-refractivity contribution < 1.29 is 9.84 Å². The van der Waals surface area contributed by atoms with Gasteiger partial charge < -0.3 is 14.7 Å². The molecule has 0 aliphatic carbocycles. The molecule has 1 aliphatic heterocycles. The summed E-state index contributed by atoms with van der Waals surface area (Å²) in [7, 11) is 3.76. The van der Waals surface area contributed by atoms with Crippen molar-refractivity contribution in [3.8, 4) is 5.75 Å². The standard InChI is InChI=1S/C22H30N2O2/c1-23(20-8-10-21(26-2)11-9-20)15-12-22(25)13-16-24(17-14-22)18-19-6-4-3-5-7-19/h3-11,25H,12-18H2,1-2H3. The smallest absolute Gasteiger partial charge is 0.119 e. The molecule has 1 aliphatic rings. The summed E-state index contributed by atoms with van der Waals surface area (Å²) in [6, 6.07) is 18.6. The molecule has 0 unspecified atom stereocenters. The van der Waals surface area contributed by atoms with E-state index in [4.69, 9.17) is 4.74 Å². The summed E-state index contributed by atoms with van der Waals surface area (Å²) in [5, 5.41) is 11.0. The van der Waals surface area contributed by atoms with Crippen molar-refractivity contribution in [1.29, 1.82) is 0 Å². The molecule has 0 radical (unpaired) electrons. The van der Waals surface area contributed by atoms with Gasteiger partial charge in [0, 0.05) is 38.9 Å². The van der Waals surface area contributed by atoms with Gasteiger partial charge in [-0.3, -0.25) is 4.90 Å². The molecule has 2 aromatic carbocycles. The lowest BCUT2D eigenvalue weighted by Gasteiger charge is -2.39. The van der Waals surface area contributed by atoms with E-state index in [1.54, 1.807) is 7.11 Å². The number of piperidine rings is 1. The van der Waals surface area contributed by atoms with Crippen molar-refractivity contribution >= 4 is 5.69 Å². The van der Waals surface area contributed by atoms with Gasteiger partial charge in [0.05, 0.1) is 12.7 Å². The lowest BCUT2D eigenvalue weighted by Crippen LogP contribution is -2.45. The van der Waals surface area contributed by atoms with Crippen LogP contribution in [-0.4, -0.2) is 49.4 Å². The van der Waals surface area contributed by atoms with Crippen LogP contribution in [-0.2, 0) is 6.54 Å². The predicted octanol–water partition coefficient (Wildman–Crippen LogP) is 3.55. The second kappa shape index (κ2) is 8.56. The number of methoxy groups -OCH3 is 1. The van der Waals surface area contributed by atoms with Crippen molar-refractivity contribution in [2.24, 2.45) is 0 Å². The number of hydrogen-bond acceptors (Lipinski definition) is 4. The highest BCUT2D eigenvalue weighted by Crippen LogP contribution is 2.28. The predicted molar refractivity (Wildman–Crippen MR) is 107 cm³/mol. The molecule has 0 saturated carbocycles. The maximum Gasteiger partial charge on any atom is 0.119 e. The third kappa shape index (κ3) is 4.99.